The largest absolute Gasteiger partial charge is 0.331 e. The minimum atomic E-state index is 0.513. The Kier molecular flexibility index (Phi) is 5.49. The molecule has 0 aromatic carbocycles. The Bertz CT molecular complexity index is 293. The lowest BCUT2D eigenvalue weighted by molar-refractivity contribution is 0.354. The van der Waals surface area contributed by atoms with Crippen molar-refractivity contribution in [3.63, 3.8) is 0 Å². The predicted octanol–water partition coefficient (Wildman–Crippen LogP) is 1.51. The summed E-state index contributed by atoms with van der Waals surface area (Å²) in [6.07, 6.45) is 5.05. The predicted molar refractivity (Wildman–Crippen MR) is 67.5 cm³/mol. The fourth-order valence-electron chi connectivity index (χ4n) is 1.70. The van der Waals surface area contributed by atoms with Gasteiger partial charge in [0, 0.05) is 18.8 Å². The first-order valence-corrected chi connectivity index (χ1v) is 6.01. The van der Waals surface area contributed by atoms with Crippen molar-refractivity contribution in [2.24, 2.45) is 0 Å². The van der Waals surface area contributed by atoms with Gasteiger partial charge in [-0.25, -0.2) is 4.98 Å². The molecule has 0 saturated heterocycles. The molecule has 0 spiro atoms. The topological polar surface area (TPSA) is 33.1 Å². The normalized spacial score (nSPS) is 13.3. The minimum Gasteiger partial charge on any atom is -0.331 e. The molecule has 0 aliphatic rings. The van der Waals surface area contributed by atoms with Gasteiger partial charge in [-0.1, -0.05) is 6.92 Å². The second kappa shape index (κ2) is 6.66. The lowest BCUT2D eigenvalue weighted by Crippen LogP contribution is -2.20. The number of nitrogens with zero attached hydrogens (tertiary/aromatic N) is 3. The number of imidazole rings is 1. The number of rotatable bonds is 7. The monoisotopic (exact) mass is 224 g/mol. The summed E-state index contributed by atoms with van der Waals surface area (Å²) in [5, 5.41) is 3.34. The number of hydrogen-bond donors (Lipinski definition) is 1. The highest BCUT2D eigenvalue weighted by atomic mass is 15.1. The van der Waals surface area contributed by atoms with E-state index >= 15 is 0 Å². The van der Waals surface area contributed by atoms with Gasteiger partial charge in [0.05, 0.1) is 12.0 Å². The molecule has 1 N–H and O–H groups in total. The molecule has 1 atom stereocenters. The molecule has 0 amide bonds. The molecule has 0 aliphatic heterocycles. The number of hydrogen-bond acceptors (Lipinski definition) is 3. The smallest absolute Gasteiger partial charge is 0.0951 e. The maximum Gasteiger partial charge on any atom is 0.0951 e. The molecule has 4 heteroatoms. The Balaban J connectivity index is 2.53. The lowest BCUT2D eigenvalue weighted by Gasteiger charge is -2.19. The van der Waals surface area contributed by atoms with Crippen LogP contribution in [-0.2, 0) is 6.54 Å². The van der Waals surface area contributed by atoms with Gasteiger partial charge in [-0.15, -0.1) is 0 Å². The van der Waals surface area contributed by atoms with E-state index in [0.717, 1.165) is 26.1 Å². The van der Waals surface area contributed by atoms with Crippen LogP contribution in [0.2, 0.25) is 0 Å². The third-order valence-electron chi connectivity index (χ3n) is 2.77. The van der Waals surface area contributed by atoms with Crippen molar-refractivity contribution in [1.29, 1.82) is 0 Å². The van der Waals surface area contributed by atoms with E-state index in [1.54, 1.807) is 0 Å². The van der Waals surface area contributed by atoms with Crippen LogP contribution in [0.15, 0.2) is 12.5 Å². The average molecular weight is 224 g/mol. The summed E-state index contributed by atoms with van der Waals surface area (Å²) in [7, 11) is 4.22. The van der Waals surface area contributed by atoms with Crippen molar-refractivity contribution in [1.82, 2.24) is 19.8 Å². The van der Waals surface area contributed by atoms with Crippen molar-refractivity contribution in [2.75, 3.05) is 27.2 Å². The maximum atomic E-state index is 4.23. The van der Waals surface area contributed by atoms with E-state index in [2.05, 4.69) is 47.7 Å². The van der Waals surface area contributed by atoms with Crippen LogP contribution in [0, 0.1) is 0 Å². The average Bonchev–Trinajstić information content (AvgIpc) is 2.71. The minimum absolute atomic E-state index is 0.513. The van der Waals surface area contributed by atoms with Crippen LogP contribution in [-0.4, -0.2) is 41.6 Å². The second-order valence-electron chi connectivity index (χ2n) is 4.51. The van der Waals surface area contributed by atoms with Gasteiger partial charge in [0.2, 0.25) is 0 Å². The van der Waals surface area contributed by atoms with Gasteiger partial charge in [-0.2, -0.15) is 0 Å². The molecule has 1 aromatic heterocycles. The van der Waals surface area contributed by atoms with E-state index < -0.39 is 0 Å². The van der Waals surface area contributed by atoms with Crippen molar-refractivity contribution < 1.29 is 0 Å². The van der Waals surface area contributed by atoms with E-state index in [4.69, 9.17) is 0 Å². The quantitative estimate of drug-likeness (QED) is 0.762. The number of aromatic nitrogens is 2. The summed E-state index contributed by atoms with van der Waals surface area (Å²) < 4.78 is 2.27. The Hall–Kier alpha value is -0.870. The highest BCUT2D eigenvalue weighted by molar-refractivity contribution is 4.99. The van der Waals surface area contributed by atoms with Crippen molar-refractivity contribution >= 4 is 0 Å². The maximum absolute atomic E-state index is 4.23. The van der Waals surface area contributed by atoms with Gasteiger partial charge < -0.3 is 14.8 Å². The van der Waals surface area contributed by atoms with E-state index in [1.165, 1.54) is 5.69 Å². The summed E-state index contributed by atoms with van der Waals surface area (Å²) in [6, 6.07) is 0.513. The van der Waals surface area contributed by atoms with Crippen LogP contribution >= 0.6 is 0 Å². The van der Waals surface area contributed by atoms with Gasteiger partial charge in [0.15, 0.2) is 0 Å². The highest BCUT2D eigenvalue weighted by Gasteiger charge is 2.09. The summed E-state index contributed by atoms with van der Waals surface area (Å²) in [4.78, 5) is 6.45. The third kappa shape index (κ3) is 3.94. The molecule has 0 aliphatic carbocycles. The van der Waals surface area contributed by atoms with Gasteiger partial charge in [-0.3, -0.25) is 0 Å². The first kappa shape index (κ1) is 13.2. The Morgan fingerprint density at radius 1 is 1.50 bits per heavy atom. The highest BCUT2D eigenvalue weighted by Crippen LogP contribution is 2.13. The molecule has 0 bridgehead atoms. The molecular weight excluding hydrogens is 200 g/mol. The zero-order valence-corrected chi connectivity index (χ0v) is 10.9. The first-order valence-electron chi connectivity index (χ1n) is 6.01. The van der Waals surface area contributed by atoms with Crippen molar-refractivity contribution in [2.45, 2.75) is 32.9 Å². The second-order valence-corrected chi connectivity index (χ2v) is 4.51. The zero-order chi connectivity index (χ0) is 12.0. The molecule has 0 radical (unpaired) electrons. The summed E-state index contributed by atoms with van der Waals surface area (Å²) in [6.45, 7) is 7.39. The third-order valence-corrected chi connectivity index (χ3v) is 2.77. The van der Waals surface area contributed by atoms with Gasteiger partial charge in [0.1, 0.15) is 0 Å². The van der Waals surface area contributed by atoms with Gasteiger partial charge >= 0.3 is 0 Å². The Morgan fingerprint density at radius 3 is 2.88 bits per heavy atom. The molecule has 16 heavy (non-hydrogen) atoms. The standard InChI is InChI=1S/C12H24N4/c1-5-13-8-12-9-14-10-16(12)11(2)6-7-15(3)4/h9-11,13H,5-8H2,1-4H3. The Morgan fingerprint density at radius 2 is 2.25 bits per heavy atom. The lowest BCUT2D eigenvalue weighted by atomic mass is 10.2. The number of nitrogens with one attached hydrogen (secondary N) is 1. The molecular formula is C12H24N4. The fourth-order valence-corrected chi connectivity index (χ4v) is 1.70. The van der Waals surface area contributed by atoms with Crippen LogP contribution in [0.1, 0.15) is 32.0 Å². The van der Waals surface area contributed by atoms with Crippen LogP contribution in [0.5, 0.6) is 0 Å². The van der Waals surface area contributed by atoms with E-state index in [9.17, 15) is 0 Å². The first-order chi connectivity index (χ1) is 7.65. The van der Waals surface area contributed by atoms with Crippen LogP contribution in [0.4, 0.5) is 0 Å². The summed E-state index contributed by atoms with van der Waals surface area (Å²) in [5.41, 5.74) is 1.27. The molecule has 1 aromatic rings. The summed E-state index contributed by atoms with van der Waals surface area (Å²) in [5.74, 6) is 0. The van der Waals surface area contributed by atoms with Crippen LogP contribution < -0.4 is 5.32 Å². The van der Waals surface area contributed by atoms with Crippen molar-refractivity contribution in [3.8, 4) is 0 Å². The fraction of sp³-hybridized carbons (Fsp3) is 0.750. The van der Waals surface area contributed by atoms with Gasteiger partial charge in [-0.05, 0) is 40.5 Å². The van der Waals surface area contributed by atoms with E-state index in [0.29, 0.717) is 6.04 Å². The molecule has 1 rings (SSSR count). The molecule has 0 fully saturated rings. The molecule has 0 saturated carbocycles. The molecule has 1 heterocycles. The zero-order valence-electron chi connectivity index (χ0n) is 10.9. The van der Waals surface area contributed by atoms with Gasteiger partial charge in [0.25, 0.3) is 0 Å². The van der Waals surface area contributed by atoms with E-state index in [1.807, 2.05) is 12.5 Å². The molecule has 1 unspecified atom stereocenters. The molecule has 4 nitrogen and oxygen atoms in total. The van der Waals surface area contributed by atoms with Crippen LogP contribution in [0.3, 0.4) is 0 Å². The Labute approximate surface area is 98.7 Å². The summed E-state index contributed by atoms with van der Waals surface area (Å²) >= 11 is 0. The van der Waals surface area contributed by atoms with Crippen molar-refractivity contribution in [3.05, 3.63) is 18.2 Å². The SMILES string of the molecule is CCNCc1cncn1C(C)CCN(C)C. The van der Waals surface area contributed by atoms with Crippen LogP contribution in [0.25, 0.3) is 0 Å². The van der Waals surface area contributed by atoms with E-state index in [-0.39, 0.29) is 0 Å². The molecule has 92 valence electrons.